The highest BCUT2D eigenvalue weighted by atomic mass is 19.1. The predicted molar refractivity (Wildman–Crippen MR) is 100 cm³/mol. The predicted octanol–water partition coefficient (Wildman–Crippen LogP) is 6.79. The van der Waals surface area contributed by atoms with E-state index in [4.69, 9.17) is 4.74 Å². The van der Waals surface area contributed by atoms with Crippen LogP contribution >= 0.6 is 0 Å². The van der Waals surface area contributed by atoms with E-state index < -0.39 is 0 Å². The van der Waals surface area contributed by atoms with Crippen molar-refractivity contribution in [1.82, 2.24) is 0 Å². The van der Waals surface area contributed by atoms with Gasteiger partial charge in [-0.15, -0.1) is 0 Å². The zero-order chi connectivity index (χ0) is 17.2. The van der Waals surface area contributed by atoms with Gasteiger partial charge in [0.25, 0.3) is 0 Å². The average molecular weight is 328 g/mol. The maximum Gasteiger partial charge on any atom is 0.165 e. The molecule has 1 nitrogen and oxygen atoms in total. The molecule has 0 aliphatic heterocycles. The van der Waals surface area contributed by atoms with Crippen LogP contribution in [0.2, 0.25) is 0 Å². The van der Waals surface area contributed by atoms with Crippen LogP contribution in [-0.4, -0.2) is 6.61 Å². The Bertz CT molecular complexity index is 604. The lowest BCUT2D eigenvalue weighted by Gasteiger charge is -2.09. The van der Waals surface area contributed by atoms with Gasteiger partial charge in [0.2, 0.25) is 0 Å². The highest BCUT2D eigenvalue weighted by molar-refractivity contribution is 5.64. The van der Waals surface area contributed by atoms with E-state index in [9.17, 15) is 4.39 Å². The van der Waals surface area contributed by atoms with Crippen molar-refractivity contribution >= 4 is 0 Å². The molecule has 0 unspecified atom stereocenters. The van der Waals surface area contributed by atoms with Crippen LogP contribution in [0.3, 0.4) is 0 Å². The molecule has 0 N–H and O–H groups in total. The van der Waals surface area contributed by atoms with Gasteiger partial charge in [-0.1, -0.05) is 76.3 Å². The standard InChI is InChI=1S/C22H29FO/c1-3-5-6-7-8-9-16-24-22-15-14-20(17-21(22)23)19-12-10-18(4-2)11-13-19/h10-15,17H,3-9,16H2,1-2H3. The van der Waals surface area contributed by atoms with Crippen molar-refractivity contribution in [3.8, 4) is 16.9 Å². The van der Waals surface area contributed by atoms with Gasteiger partial charge in [-0.2, -0.15) is 0 Å². The summed E-state index contributed by atoms with van der Waals surface area (Å²) in [6.45, 7) is 4.94. The fraction of sp³-hybridized carbons (Fsp3) is 0.455. The number of halogens is 1. The number of benzene rings is 2. The lowest BCUT2D eigenvalue weighted by molar-refractivity contribution is 0.290. The van der Waals surface area contributed by atoms with Crippen LogP contribution in [0.25, 0.3) is 11.1 Å². The molecule has 0 aromatic heterocycles. The first-order chi connectivity index (χ1) is 11.7. The Labute approximate surface area is 145 Å². The molecule has 2 aromatic carbocycles. The van der Waals surface area contributed by atoms with E-state index >= 15 is 0 Å². The van der Waals surface area contributed by atoms with Crippen LogP contribution in [0.1, 0.15) is 57.9 Å². The van der Waals surface area contributed by atoms with Gasteiger partial charge in [0, 0.05) is 0 Å². The number of rotatable bonds is 10. The molecule has 0 atom stereocenters. The molecule has 0 bridgehead atoms. The number of ether oxygens (including phenoxy) is 1. The van der Waals surface area contributed by atoms with Gasteiger partial charge in [0.1, 0.15) is 0 Å². The Morgan fingerprint density at radius 3 is 2.12 bits per heavy atom. The highest BCUT2D eigenvalue weighted by Gasteiger charge is 2.06. The quantitative estimate of drug-likeness (QED) is 0.436. The van der Waals surface area contributed by atoms with E-state index in [0.717, 1.165) is 30.4 Å². The average Bonchev–Trinajstić information content (AvgIpc) is 2.62. The fourth-order valence-corrected chi connectivity index (χ4v) is 2.79. The van der Waals surface area contributed by atoms with Crippen LogP contribution in [0.5, 0.6) is 5.75 Å². The molecule has 0 fully saturated rings. The van der Waals surface area contributed by atoms with Crippen molar-refractivity contribution in [2.75, 3.05) is 6.61 Å². The minimum Gasteiger partial charge on any atom is -0.491 e. The third kappa shape index (κ3) is 5.67. The smallest absolute Gasteiger partial charge is 0.165 e. The van der Waals surface area contributed by atoms with Crippen LogP contribution in [0.15, 0.2) is 42.5 Å². The molecular weight excluding hydrogens is 299 g/mol. The number of hydrogen-bond donors (Lipinski definition) is 0. The zero-order valence-electron chi connectivity index (χ0n) is 15.0. The normalized spacial score (nSPS) is 10.8. The van der Waals surface area contributed by atoms with Crippen molar-refractivity contribution in [1.29, 1.82) is 0 Å². The minimum absolute atomic E-state index is 0.280. The van der Waals surface area contributed by atoms with Crippen LogP contribution in [0, 0.1) is 5.82 Å². The third-order valence-electron chi connectivity index (χ3n) is 4.38. The van der Waals surface area contributed by atoms with Crippen molar-refractivity contribution in [3.05, 3.63) is 53.8 Å². The molecule has 2 aromatic rings. The Morgan fingerprint density at radius 2 is 1.46 bits per heavy atom. The summed E-state index contributed by atoms with van der Waals surface area (Å²) in [5.41, 5.74) is 3.22. The van der Waals surface area contributed by atoms with Crippen molar-refractivity contribution in [3.63, 3.8) is 0 Å². The molecule has 0 spiro atoms. The molecule has 0 saturated heterocycles. The van der Waals surface area contributed by atoms with Crippen molar-refractivity contribution in [2.45, 2.75) is 58.8 Å². The van der Waals surface area contributed by atoms with Gasteiger partial charge >= 0.3 is 0 Å². The Hall–Kier alpha value is -1.83. The molecule has 0 aliphatic rings. The topological polar surface area (TPSA) is 9.23 Å². The second-order valence-electron chi connectivity index (χ2n) is 6.31. The molecule has 0 saturated carbocycles. The van der Waals surface area contributed by atoms with E-state index in [1.807, 2.05) is 18.2 Å². The Morgan fingerprint density at radius 1 is 0.792 bits per heavy atom. The highest BCUT2D eigenvalue weighted by Crippen LogP contribution is 2.26. The van der Waals surface area contributed by atoms with Gasteiger partial charge in [-0.05, 0) is 41.7 Å². The molecular formula is C22H29FO. The summed E-state index contributed by atoms with van der Waals surface area (Å²) in [5.74, 6) is 0.0792. The van der Waals surface area contributed by atoms with E-state index in [-0.39, 0.29) is 5.82 Å². The number of unbranched alkanes of at least 4 members (excludes halogenated alkanes) is 5. The summed E-state index contributed by atoms with van der Waals surface area (Å²) in [7, 11) is 0. The molecule has 0 heterocycles. The summed E-state index contributed by atoms with van der Waals surface area (Å²) in [6.07, 6.45) is 8.25. The Kier molecular flexibility index (Phi) is 7.81. The van der Waals surface area contributed by atoms with Crippen LogP contribution in [0.4, 0.5) is 4.39 Å². The summed E-state index contributed by atoms with van der Waals surface area (Å²) >= 11 is 0. The molecule has 130 valence electrons. The number of hydrogen-bond acceptors (Lipinski definition) is 1. The number of aryl methyl sites for hydroxylation is 1. The van der Waals surface area contributed by atoms with Gasteiger partial charge in [0.05, 0.1) is 6.61 Å². The summed E-state index contributed by atoms with van der Waals surface area (Å²) in [5, 5.41) is 0. The molecule has 2 rings (SSSR count). The first-order valence-corrected chi connectivity index (χ1v) is 9.26. The third-order valence-corrected chi connectivity index (χ3v) is 4.38. The molecule has 24 heavy (non-hydrogen) atoms. The fourth-order valence-electron chi connectivity index (χ4n) is 2.79. The van der Waals surface area contributed by atoms with Crippen LogP contribution < -0.4 is 4.74 Å². The lowest BCUT2D eigenvalue weighted by atomic mass is 10.0. The van der Waals surface area contributed by atoms with Crippen molar-refractivity contribution < 1.29 is 9.13 Å². The van der Waals surface area contributed by atoms with Gasteiger partial charge in [0.15, 0.2) is 11.6 Å². The van der Waals surface area contributed by atoms with E-state index in [1.165, 1.54) is 31.2 Å². The molecule has 2 heteroatoms. The second kappa shape index (κ2) is 10.1. The maximum absolute atomic E-state index is 14.2. The van der Waals surface area contributed by atoms with E-state index in [0.29, 0.717) is 12.4 Å². The summed E-state index contributed by atoms with van der Waals surface area (Å²) in [6, 6.07) is 13.5. The first kappa shape index (κ1) is 18.5. The summed E-state index contributed by atoms with van der Waals surface area (Å²) < 4.78 is 19.8. The summed E-state index contributed by atoms with van der Waals surface area (Å²) in [4.78, 5) is 0. The zero-order valence-corrected chi connectivity index (χ0v) is 15.0. The largest absolute Gasteiger partial charge is 0.491 e. The SMILES string of the molecule is CCCCCCCCOc1ccc(-c2ccc(CC)cc2)cc1F. The van der Waals surface area contributed by atoms with Gasteiger partial charge in [-0.3, -0.25) is 0 Å². The van der Waals surface area contributed by atoms with Gasteiger partial charge in [-0.25, -0.2) is 4.39 Å². The van der Waals surface area contributed by atoms with Crippen molar-refractivity contribution in [2.24, 2.45) is 0 Å². The van der Waals surface area contributed by atoms with Gasteiger partial charge < -0.3 is 4.74 Å². The first-order valence-electron chi connectivity index (χ1n) is 9.26. The molecule has 0 amide bonds. The van der Waals surface area contributed by atoms with Crippen LogP contribution in [-0.2, 0) is 6.42 Å². The molecule has 0 radical (unpaired) electrons. The monoisotopic (exact) mass is 328 g/mol. The Balaban J connectivity index is 1.85. The van der Waals surface area contributed by atoms with E-state index in [1.54, 1.807) is 12.1 Å². The van der Waals surface area contributed by atoms with E-state index in [2.05, 4.69) is 26.0 Å². The second-order valence-corrected chi connectivity index (χ2v) is 6.31. The lowest BCUT2D eigenvalue weighted by Crippen LogP contribution is -1.99. The maximum atomic E-state index is 14.2. The molecule has 0 aliphatic carbocycles. The minimum atomic E-state index is -0.280.